The number of thiazole rings is 1. The average Bonchev–Trinajstić information content (AvgIpc) is 2.93. The molecule has 1 aromatic carbocycles. The zero-order valence-corrected chi connectivity index (χ0v) is 12.0. The van der Waals surface area contributed by atoms with Crippen molar-refractivity contribution < 1.29 is 4.74 Å². The number of fused-ring (bicyclic) bond motifs is 1. The van der Waals surface area contributed by atoms with Gasteiger partial charge in [-0.05, 0) is 19.1 Å². The second-order valence-electron chi connectivity index (χ2n) is 4.51. The van der Waals surface area contributed by atoms with Crippen molar-refractivity contribution in [3.05, 3.63) is 52.1 Å². The van der Waals surface area contributed by atoms with Crippen LogP contribution >= 0.6 is 11.3 Å². The number of benzene rings is 1. The predicted octanol–water partition coefficient (Wildman–Crippen LogP) is 3.04. The number of nitrogens with zero attached hydrogens (tertiary/aromatic N) is 2. The standard InChI is InChI=1S/C15H15N3OS/c1-10-5-6-11-3-2-4-13(15(11)17-10)19-8-12-9-20-14(7-16)18-12/h2-6,9H,7-8,16H2,1H3. The molecule has 5 heteroatoms. The first-order chi connectivity index (χ1) is 9.76. The fourth-order valence-electron chi connectivity index (χ4n) is 1.99. The van der Waals surface area contributed by atoms with Gasteiger partial charge in [0, 0.05) is 23.0 Å². The summed E-state index contributed by atoms with van der Waals surface area (Å²) in [5.74, 6) is 0.786. The van der Waals surface area contributed by atoms with Crippen LogP contribution in [-0.2, 0) is 13.2 Å². The van der Waals surface area contributed by atoms with Gasteiger partial charge in [0.25, 0.3) is 0 Å². The maximum atomic E-state index is 5.86. The quantitative estimate of drug-likeness (QED) is 0.800. The number of pyridine rings is 1. The summed E-state index contributed by atoms with van der Waals surface area (Å²) < 4.78 is 5.86. The Labute approximate surface area is 121 Å². The van der Waals surface area contributed by atoms with Crippen molar-refractivity contribution >= 4 is 22.2 Å². The van der Waals surface area contributed by atoms with Gasteiger partial charge in [0.05, 0.1) is 5.69 Å². The first-order valence-electron chi connectivity index (χ1n) is 6.39. The molecule has 0 bridgehead atoms. The van der Waals surface area contributed by atoms with E-state index in [-0.39, 0.29) is 0 Å². The van der Waals surface area contributed by atoms with E-state index in [0.29, 0.717) is 13.2 Å². The highest BCUT2D eigenvalue weighted by atomic mass is 32.1. The molecule has 2 aromatic heterocycles. The third-order valence-corrected chi connectivity index (χ3v) is 3.89. The van der Waals surface area contributed by atoms with Crippen molar-refractivity contribution in [1.29, 1.82) is 0 Å². The van der Waals surface area contributed by atoms with E-state index in [1.54, 1.807) is 11.3 Å². The van der Waals surface area contributed by atoms with Crippen LogP contribution in [0.15, 0.2) is 35.7 Å². The Morgan fingerprint density at radius 3 is 2.90 bits per heavy atom. The minimum absolute atomic E-state index is 0.436. The number of aromatic nitrogens is 2. The first kappa shape index (κ1) is 13.0. The van der Waals surface area contributed by atoms with Gasteiger partial charge < -0.3 is 10.5 Å². The molecule has 2 heterocycles. The van der Waals surface area contributed by atoms with Crippen LogP contribution in [0.2, 0.25) is 0 Å². The largest absolute Gasteiger partial charge is 0.485 e. The Bertz CT molecular complexity index is 739. The highest BCUT2D eigenvalue weighted by Gasteiger charge is 2.06. The monoisotopic (exact) mass is 285 g/mol. The Balaban J connectivity index is 1.85. The van der Waals surface area contributed by atoms with Crippen LogP contribution in [0.1, 0.15) is 16.4 Å². The SMILES string of the molecule is Cc1ccc2cccc(OCc3csc(CN)n3)c2n1. The number of hydrogen-bond donors (Lipinski definition) is 1. The smallest absolute Gasteiger partial charge is 0.146 e. The number of rotatable bonds is 4. The van der Waals surface area contributed by atoms with Crippen molar-refractivity contribution in [2.24, 2.45) is 5.73 Å². The molecule has 0 spiro atoms. The van der Waals surface area contributed by atoms with Gasteiger partial charge in [0.15, 0.2) is 0 Å². The summed E-state index contributed by atoms with van der Waals surface area (Å²) in [4.78, 5) is 8.94. The molecule has 0 aliphatic heterocycles. The molecular formula is C15H15N3OS. The molecule has 3 rings (SSSR count). The molecule has 20 heavy (non-hydrogen) atoms. The fraction of sp³-hybridized carbons (Fsp3) is 0.200. The Hall–Kier alpha value is -1.98. The van der Waals surface area contributed by atoms with Gasteiger partial charge in [-0.1, -0.05) is 18.2 Å². The number of aryl methyl sites for hydroxylation is 1. The molecule has 0 fully saturated rings. The topological polar surface area (TPSA) is 61.0 Å². The van der Waals surface area contributed by atoms with Gasteiger partial charge in [-0.25, -0.2) is 9.97 Å². The van der Waals surface area contributed by atoms with E-state index >= 15 is 0 Å². The van der Waals surface area contributed by atoms with Gasteiger partial charge in [0.1, 0.15) is 22.9 Å². The number of ether oxygens (including phenoxy) is 1. The second-order valence-corrected chi connectivity index (χ2v) is 5.45. The van der Waals surface area contributed by atoms with E-state index in [1.807, 2.05) is 36.6 Å². The summed E-state index contributed by atoms with van der Waals surface area (Å²) in [7, 11) is 0. The molecule has 2 N–H and O–H groups in total. The maximum Gasteiger partial charge on any atom is 0.146 e. The molecule has 0 amide bonds. The minimum atomic E-state index is 0.436. The van der Waals surface area contributed by atoms with E-state index in [9.17, 15) is 0 Å². The summed E-state index contributed by atoms with van der Waals surface area (Å²) in [5.41, 5.74) is 8.33. The lowest BCUT2D eigenvalue weighted by Gasteiger charge is -2.08. The summed E-state index contributed by atoms with van der Waals surface area (Å²) in [6.45, 7) is 2.88. The Kier molecular flexibility index (Phi) is 3.62. The molecule has 0 unspecified atom stereocenters. The van der Waals surface area contributed by atoms with Gasteiger partial charge in [-0.15, -0.1) is 11.3 Å². The van der Waals surface area contributed by atoms with E-state index < -0.39 is 0 Å². The van der Waals surface area contributed by atoms with E-state index in [1.165, 1.54) is 0 Å². The zero-order chi connectivity index (χ0) is 13.9. The normalized spacial score (nSPS) is 10.9. The van der Waals surface area contributed by atoms with Crippen molar-refractivity contribution in [3.8, 4) is 5.75 Å². The fourth-order valence-corrected chi connectivity index (χ4v) is 2.65. The number of nitrogens with two attached hydrogens (primary N) is 1. The Morgan fingerprint density at radius 2 is 2.10 bits per heavy atom. The lowest BCUT2D eigenvalue weighted by molar-refractivity contribution is 0.305. The van der Waals surface area contributed by atoms with Crippen molar-refractivity contribution in [2.45, 2.75) is 20.1 Å². The molecule has 0 radical (unpaired) electrons. The molecule has 0 aliphatic rings. The lowest BCUT2D eigenvalue weighted by atomic mass is 10.2. The van der Waals surface area contributed by atoms with Crippen LogP contribution in [0.5, 0.6) is 5.75 Å². The summed E-state index contributed by atoms with van der Waals surface area (Å²) in [6, 6.07) is 10.00. The van der Waals surface area contributed by atoms with Crippen molar-refractivity contribution in [3.63, 3.8) is 0 Å². The molecule has 0 aliphatic carbocycles. The summed E-state index contributed by atoms with van der Waals surface area (Å²) >= 11 is 1.56. The van der Waals surface area contributed by atoms with Gasteiger partial charge in [-0.3, -0.25) is 0 Å². The minimum Gasteiger partial charge on any atom is -0.485 e. The third kappa shape index (κ3) is 2.64. The van der Waals surface area contributed by atoms with Crippen LogP contribution in [0, 0.1) is 6.92 Å². The van der Waals surface area contributed by atoms with Crippen LogP contribution in [0.3, 0.4) is 0 Å². The number of hydrogen-bond acceptors (Lipinski definition) is 5. The van der Waals surface area contributed by atoms with Crippen molar-refractivity contribution in [2.75, 3.05) is 0 Å². The zero-order valence-electron chi connectivity index (χ0n) is 11.2. The van der Waals surface area contributed by atoms with Crippen LogP contribution in [-0.4, -0.2) is 9.97 Å². The van der Waals surface area contributed by atoms with Crippen LogP contribution in [0.4, 0.5) is 0 Å². The molecule has 0 saturated carbocycles. The Morgan fingerprint density at radius 1 is 1.20 bits per heavy atom. The van der Waals surface area contributed by atoms with Crippen molar-refractivity contribution in [1.82, 2.24) is 9.97 Å². The molecule has 4 nitrogen and oxygen atoms in total. The van der Waals surface area contributed by atoms with Crippen LogP contribution < -0.4 is 10.5 Å². The molecule has 3 aromatic rings. The van der Waals surface area contributed by atoms with E-state index in [4.69, 9.17) is 10.5 Å². The predicted molar refractivity (Wildman–Crippen MR) is 80.8 cm³/mol. The lowest BCUT2D eigenvalue weighted by Crippen LogP contribution is -1.99. The third-order valence-electron chi connectivity index (χ3n) is 2.97. The average molecular weight is 285 g/mol. The molecule has 0 atom stereocenters. The highest BCUT2D eigenvalue weighted by molar-refractivity contribution is 7.09. The molecule has 0 saturated heterocycles. The van der Waals surface area contributed by atoms with Gasteiger partial charge in [0.2, 0.25) is 0 Å². The highest BCUT2D eigenvalue weighted by Crippen LogP contribution is 2.24. The maximum absolute atomic E-state index is 5.86. The summed E-state index contributed by atoms with van der Waals surface area (Å²) in [5, 5.41) is 3.98. The van der Waals surface area contributed by atoms with Gasteiger partial charge in [-0.2, -0.15) is 0 Å². The molecule has 102 valence electrons. The summed E-state index contributed by atoms with van der Waals surface area (Å²) in [6.07, 6.45) is 0. The second kappa shape index (κ2) is 5.56. The van der Waals surface area contributed by atoms with Gasteiger partial charge >= 0.3 is 0 Å². The molecular weight excluding hydrogens is 270 g/mol. The van der Waals surface area contributed by atoms with E-state index in [2.05, 4.69) is 16.0 Å². The van der Waals surface area contributed by atoms with Crippen LogP contribution in [0.25, 0.3) is 10.9 Å². The first-order valence-corrected chi connectivity index (χ1v) is 7.27. The van der Waals surface area contributed by atoms with E-state index in [0.717, 1.165) is 33.0 Å². The number of para-hydroxylation sites is 1.